The van der Waals surface area contributed by atoms with Crippen molar-refractivity contribution in [1.82, 2.24) is 0 Å². The molecule has 5 heteroatoms. The molecule has 0 radical (unpaired) electrons. The van der Waals surface area contributed by atoms with Gasteiger partial charge >= 0.3 is 5.97 Å². The Hall–Kier alpha value is -2.01. The lowest BCUT2D eigenvalue weighted by Gasteiger charge is -2.19. The van der Waals surface area contributed by atoms with E-state index >= 15 is 0 Å². The Kier molecular flexibility index (Phi) is 4.78. The molecule has 108 valence electrons. The Balaban J connectivity index is 3.05. The van der Waals surface area contributed by atoms with Crippen LogP contribution >= 0.6 is 0 Å². The second-order valence-electron chi connectivity index (χ2n) is 5.10. The van der Waals surface area contributed by atoms with Crippen molar-refractivity contribution in [2.24, 2.45) is 5.92 Å². The van der Waals surface area contributed by atoms with Crippen LogP contribution in [0.25, 0.3) is 0 Å². The van der Waals surface area contributed by atoms with E-state index in [1.165, 1.54) is 32.1 Å². The Morgan fingerprint density at radius 3 is 2.50 bits per heavy atom. The number of carbonyl (C=O) groups is 3. The second-order valence-corrected chi connectivity index (χ2v) is 5.10. The number of rotatable bonds is 6. The summed E-state index contributed by atoms with van der Waals surface area (Å²) in [4.78, 5) is 33.8. The molecule has 1 aliphatic rings. The van der Waals surface area contributed by atoms with Crippen molar-refractivity contribution in [3.05, 3.63) is 36.0 Å². The Labute approximate surface area is 117 Å². The maximum Gasteiger partial charge on any atom is 0.331 e. The highest BCUT2D eigenvalue weighted by molar-refractivity contribution is 6.09. The summed E-state index contributed by atoms with van der Waals surface area (Å²) < 4.78 is 0. The number of hydrogen-bond donors (Lipinski definition) is 2. The number of hydrogen-bond acceptors (Lipinski definition) is 4. The Morgan fingerprint density at radius 1 is 1.50 bits per heavy atom. The van der Waals surface area contributed by atoms with Crippen molar-refractivity contribution in [2.75, 3.05) is 0 Å². The van der Waals surface area contributed by atoms with Gasteiger partial charge in [-0.15, -0.1) is 0 Å². The van der Waals surface area contributed by atoms with E-state index in [0.29, 0.717) is 0 Å². The normalized spacial score (nSPS) is 24.9. The van der Waals surface area contributed by atoms with Gasteiger partial charge in [0.15, 0.2) is 5.78 Å². The maximum absolute atomic E-state index is 11.7. The molecule has 20 heavy (non-hydrogen) atoms. The van der Waals surface area contributed by atoms with Gasteiger partial charge in [-0.1, -0.05) is 12.7 Å². The first-order chi connectivity index (χ1) is 9.15. The highest BCUT2D eigenvalue weighted by atomic mass is 16.4. The van der Waals surface area contributed by atoms with Gasteiger partial charge < -0.3 is 15.0 Å². The fourth-order valence-electron chi connectivity index (χ4n) is 1.99. The van der Waals surface area contributed by atoms with Crippen LogP contribution in [0.4, 0.5) is 0 Å². The van der Waals surface area contributed by atoms with Crippen LogP contribution in [0.2, 0.25) is 0 Å². The minimum atomic E-state index is -1.41. The van der Waals surface area contributed by atoms with Crippen molar-refractivity contribution in [1.29, 1.82) is 0 Å². The van der Waals surface area contributed by atoms with E-state index in [4.69, 9.17) is 5.11 Å². The zero-order valence-corrected chi connectivity index (χ0v) is 11.5. The fourth-order valence-corrected chi connectivity index (χ4v) is 1.99. The second kappa shape index (κ2) is 5.96. The molecule has 0 aromatic carbocycles. The highest BCUT2D eigenvalue weighted by Gasteiger charge is 2.33. The van der Waals surface area contributed by atoms with Gasteiger partial charge in [0.25, 0.3) is 0 Å². The van der Waals surface area contributed by atoms with Crippen LogP contribution in [-0.4, -0.2) is 33.3 Å². The van der Waals surface area contributed by atoms with Crippen molar-refractivity contribution in [3.63, 3.8) is 0 Å². The molecule has 1 aliphatic carbocycles. The molecule has 0 bridgehead atoms. The van der Waals surface area contributed by atoms with Gasteiger partial charge in [0, 0.05) is 23.5 Å². The summed E-state index contributed by atoms with van der Waals surface area (Å²) in [6.07, 6.45) is 4.43. The number of allylic oxidation sites excluding steroid dienone is 2. The summed E-state index contributed by atoms with van der Waals surface area (Å²) >= 11 is 0. The Bertz CT molecular complexity index is 522. The lowest BCUT2D eigenvalue weighted by Crippen LogP contribution is -2.24. The summed E-state index contributed by atoms with van der Waals surface area (Å²) in [7, 11) is 0. The molecule has 2 N–H and O–H groups in total. The molecule has 0 aromatic rings. The van der Waals surface area contributed by atoms with Crippen LogP contribution < -0.4 is 0 Å². The number of aliphatic carboxylic acids is 1. The van der Waals surface area contributed by atoms with Crippen LogP contribution in [-0.2, 0) is 14.4 Å². The van der Waals surface area contributed by atoms with Gasteiger partial charge in [0.2, 0.25) is 0 Å². The predicted octanol–water partition coefficient (Wildman–Crippen LogP) is 1.43. The Morgan fingerprint density at radius 2 is 2.10 bits per heavy atom. The van der Waals surface area contributed by atoms with Gasteiger partial charge in [0.1, 0.15) is 11.4 Å². The van der Waals surface area contributed by atoms with Crippen LogP contribution in [0.3, 0.4) is 0 Å². The topological polar surface area (TPSA) is 91.7 Å². The van der Waals surface area contributed by atoms with Crippen molar-refractivity contribution in [3.8, 4) is 0 Å². The molecule has 0 aromatic heterocycles. The first kappa shape index (κ1) is 16.0. The number of carbonyl (C=O) groups excluding carboxylic acids is 2. The molecule has 0 heterocycles. The molecule has 0 saturated heterocycles. The SMILES string of the molecule is C=C(C(=O)O)[C@H](/C=C1\C(=O)C=C[C@]1(C)O)CCC(C)=O. The van der Waals surface area contributed by atoms with Gasteiger partial charge in [0.05, 0.1) is 0 Å². The molecule has 0 spiro atoms. The first-order valence-electron chi connectivity index (χ1n) is 6.25. The van der Waals surface area contributed by atoms with E-state index in [1.54, 1.807) is 0 Å². The molecular formula is C15H18O5. The van der Waals surface area contributed by atoms with Crippen LogP contribution in [0, 0.1) is 5.92 Å². The first-order valence-corrected chi connectivity index (χ1v) is 6.25. The lowest BCUT2D eigenvalue weighted by atomic mass is 9.88. The maximum atomic E-state index is 11.7. The van der Waals surface area contributed by atoms with Crippen molar-refractivity contribution < 1.29 is 24.6 Å². The summed E-state index contributed by atoms with van der Waals surface area (Å²) in [5, 5.41) is 19.1. The number of carboxylic acids is 1. The number of aliphatic hydroxyl groups is 1. The van der Waals surface area contributed by atoms with Crippen LogP contribution in [0.1, 0.15) is 26.7 Å². The molecular weight excluding hydrogens is 260 g/mol. The molecule has 0 amide bonds. The monoisotopic (exact) mass is 278 g/mol. The molecule has 0 fully saturated rings. The quantitative estimate of drug-likeness (QED) is 0.717. The minimum Gasteiger partial charge on any atom is -0.478 e. The summed E-state index contributed by atoms with van der Waals surface area (Å²) in [5.41, 5.74) is -1.40. The van der Waals surface area contributed by atoms with E-state index in [9.17, 15) is 19.5 Å². The van der Waals surface area contributed by atoms with Crippen LogP contribution in [0.15, 0.2) is 36.0 Å². The number of carboxylic acid groups (broad SMARTS) is 1. The fraction of sp³-hybridized carbons (Fsp3) is 0.400. The van der Waals surface area contributed by atoms with Crippen molar-refractivity contribution in [2.45, 2.75) is 32.3 Å². The smallest absolute Gasteiger partial charge is 0.331 e. The van der Waals surface area contributed by atoms with Crippen LogP contribution in [0.5, 0.6) is 0 Å². The van der Waals surface area contributed by atoms with E-state index in [2.05, 4.69) is 6.58 Å². The largest absolute Gasteiger partial charge is 0.478 e. The molecule has 0 unspecified atom stereocenters. The lowest BCUT2D eigenvalue weighted by molar-refractivity contribution is -0.133. The summed E-state index contributed by atoms with van der Waals surface area (Å²) in [6.45, 7) is 6.34. The highest BCUT2D eigenvalue weighted by Crippen LogP contribution is 2.30. The third kappa shape index (κ3) is 3.74. The molecule has 1 rings (SSSR count). The average Bonchev–Trinajstić information content (AvgIpc) is 2.59. The molecule has 2 atom stereocenters. The summed E-state index contributed by atoms with van der Waals surface area (Å²) in [5.74, 6) is -2.29. The van der Waals surface area contributed by atoms with E-state index in [0.717, 1.165) is 0 Å². The number of Topliss-reactive ketones (excluding diaryl/α,β-unsaturated/α-hetero) is 1. The zero-order valence-electron chi connectivity index (χ0n) is 11.5. The van der Waals surface area contributed by atoms with Gasteiger partial charge in [-0.2, -0.15) is 0 Å². The number of ketones is 2. The standard InChI is InChI=1S/C15H18O5/c1-9(16)4-5-11(10(2)14(18)19)8-12-13(17)6-7-15(12,3)20/h6-8,11,20H,2,4-5H2,1,3H3,(H,18,19)/b12-8+/t11-,15-/m0/s1. The zero-order chi connectivity index (χ0) is 15.5. The summed E-state index contributed by atoms with van der Waals surface area (Å²) in [6, 6.07) is 0. The van der Waals surface area contributed by atoms with Gasteiger partial charge in [-0.25, -0.2) is 4.79 Å². The van der Waals surface area contributed by atoms with Crippen molar-refractivity contribution >= 4 is 17.5 Å². The van der Waals surface area contributed by atoms with E-state index in [-0.39, 0.29) is 35.6 Å². The molecule has 0 saturated carbocycles. The van der Waals surface area contributed by atoms with Gasteiger partial charge in [-0.3, -0.25) is 4.79 Å². The predicted molar refractivity (Wildman–Crippen MR) is 73.0 cm³/mol. The van der Waals surface area contributed by atoms with Gasteiger partial charge in [-0.05, 0) is 32.4 Å². The van der Waals surface area contributed by atoms with E-state index in [1.807, 2.05) is 0 Å². The average molecular weight is 278 g/mol. The minimum absolute atomic E-state index is 0.0748. The third-order valence-electron chi connectivity index (χ3n) is 3.27. The molecule has 5 nitrogen and oxygen atoms in total. The third-order valence-corrected chi connectivity index (χ3v) is 3.27. The molecule has 0 aliphatic heterocycles. The van der Waals surface area contributed by atoms with E-state index < -0.39 is 17.5 Å².